The molecule has 0 saturated carbocycles. The minimum Gasteiger partial charge on any atom is -0.325 e. The highest BCUT2D eigenvalue weighted by atomic mass is 127. The van der Waals surface area contributed by atoms with Crippen LogP contribution in [-0.4, -0.2) is 4.98 Å². The molecule has 3 nitrogen and oxygen atoms in total. The number of pyridine rings is 1. The number of hydrogen-bond acceptors (Lipinski definition) is 3. The molecule has 1 heterocycles. The Kier molecular flexibility index (Phi) is 4.35. The molecule has 6 heteroatoms. The highest BCUT2D eigenvalue weighted by Crippen LogP contribution is 2.23. The number of alkyl halides is 2. The molecule has 0 fully saturated rings. The topological polar surface area (TPSA) is 62.7 Å². The molecule has 0 aromatic carbocycles. The number of halogens is 3. The zero-order valence-corrected chi connectivity index (χ0v) is 9.83. The number of aromatic nitrogens is 1. The van der Waals surface area contributed by atoms with E-state index in [0.717, 1.165) is 0 Å². The van der Waals surface area contributed by atoms with Gasteiger partial charge in [0.2, 0.25) is 0 Å². The van der Waals surface area contributed by atoms with Gasteiger partial charge in [0.25, 0.3) is 6.43 Å². The summed E-state index contributed by atoms with van der Waals surface area (Å²) in [5, 5.41) is 8.57. The summed E-state index contributed by atoms with van der Waals surface area (Å²) < 4.78 is 25.4. The zero-order chi connectivity index (χ0) is 11.4. The molecule has 0 spiro atoms. The third-order valence-corrected chi connectivity index (χ3v) is 2.81. The van der Waals surface area contributed by atoms with Gasteiger partial charge in [0.1, 0.15) is 5.69 Å². The quantitative estimate of drug-likeness (QED) is 0.867. The van der Waals surface area contributed by atoms with Gasteiger partial charge in [-0.05, 0) is 28.7 Å². The summed E-state index contributed by atoms with van der Waals surface area (Å²) in [7, 11) is 0. The van der Waals surface area contributed by atoms with Crippen LogP contribution in [0.1, 0.15) is 23.4 Å². The monoisotopic (exact) mass is 323 g/mol. The van der Waals surface area contributed by atoms with Gasteiger partial charge in [-0.3, -0.25) is 4.98 Å². The van der Waals surface area contributed by atoms with Crippen LogP contribution in [0.5, 0.6) is 0 Å². The van der Waals surface area contributed by atoms with Gasteiger partial charge >= 0.3 is 0 Å². The first-order valence-corrected chi connectivity index (χ1v) is 5.21. The average molecular weight is 323 g/mol. The predicted molar refractivity (Wildman–Crippen MR) is 59.1 cm³/mol. The standard InChI is InChI=1S/C9H8F2IN3/c10-9(11)7-3-6(12)5(1-2-13)8(4-14)15-7/h3,9H,1,4,14H2. The Bertz CT molecular complexity index is 401. The Morgan fingerprint density at radius 1 is 1.60 bits per heavy atom. The molecule has 15 heavy (non-hydrogen) atoms. The largest absolute Gasteiger partial charge is 0.325 e. The second-order valence-electron chi connectivity index (χ2n) is 2.79. The lowest BCUT2D eigenvalue weighted by Crippen LogP contribution is -2.09. The molecule has 0 unspecified atom stereocenters. The van der Waals surface area contributed by atoms with Crippen molar-refractivity contribution in [2.24, 2.45) is 5.73 Å². The fourth-order valence-electron chi connectivity index (χ4n) is 1.16. The summed E-state index contributed by atoms with van der Waals surface area (Å²) in [6.45, 7) is 0.0631. The van der Waals surface area contributed by atoms with Crippen molar-refractivity contribution in [3.8, 4) is 6.07 Å². The molecular formula is C9H8F2IN3. The number of nitriles is 1. The molecule has 1 aromatic rings. The Balaban J connectivity index is 3.25. The summed E-state index contributed by atoms with van der Waals surface area (Å²) in [6, 6.07) is 3.25. The maximum Gasteiger partial charge on any atom is 0.280 e. The van der Waals surface area contributed by atoms with Gasteiger partial charge in [0, 0.05) is 15.7 Å². The molecule has 0 saturated heterocycles. The fourth-order valence-corrected chi connectivity index (χ4v) is 1.98. The summed E-state index contributed by atoms with van der Waals surface area (Å²) in [5.74, 6) is 0. The van der Waals surface area contributed by atoms with Gasteiger partial charge in [-0.25, -0.2) is 8.78 Å². The SMILES string of the molecule is N#CCc1c(I)cc(C(F)F)nc1CN. The van der Waals surface area contributed by atoms with Gasteiger partial charge < -0.3 is 5.73 Å². The maximum atomic E-state index is 12.4. The van der Waals surface area contributed by atoms with E-state index in [2.05, 4.69) is 4.98 Å². The molecule has 0 radical (unpaired) electrons. The van der Waals surface area contributed by atoms with Crippen LogP contribution in [0.2, 0.25) is 0 Å². The lowest BCUT2D eigenvalue weighted by molar-refractivity contribution is 0.145. The van der Waals surface area contributed by atoms with E-state index in [4.69, 9.17) is 11.0 Å². The van der Waals surface area contributed by atoms with Crippen molar-refractivity contribution in [2.75, 3.05) is 0 Å². The van der Waals surface area contributed by atoms with Crippen LogP contribution in [0.3, 0.4) is 0 Å². The van der Waals surface area contributed by atoms with E-state index in [0.29, 0.717) is 14.8 Å². The third-order valence-electron chi connectivity index (χ3n) is 1.85. The smallest absolute Gasteiger partial charge is 0.280 e. The highest BCUT2D eigenvalue weighted by molar-refractivity contribution is 14.1. The number of rotatable bonds is 3. The highest BCUT2D eigenvalue weighted by Gasteiger charge is 2.15. The van der Waals surface area contributed by atoms with Crippen LogP contribution in [0, 0.1) is 14.9 Å². The van der Waals surface area contributed by atoms with Gasteiger partial charge in [-0.15, -0.1) is 0 Å². The summed E-state index contributed by atoms with van der Waals surface area (Å²) in [4.78, 5) is 3.74. The average Bonchev–Trinajstić information content (AvgIpc) is 2.20. The van der Waals surface area contributed by atoms with E-state index in [1.54, 1.807) is 0 Å². The molecule has 0 bridgehead atoms. The Hall–Kier alpha value is -0.810. The molecule has 1 aromatic heterocycles. The molecule has 0 amide bonds. The van der Waals surface area contributed by atoms with Crippen LogP contribution in [0.15, 0.2) is 6.07 Å². The maximum absolute atomic E-state index is 12.4. The molecule has 0 aliphatic rings. The number of nitrogens with two attached hydrogens (primary N) is 1. The van der Waals surface area contributed by atoms with Crippen molar-refractivity contribution < 1.29 is 8.78 Å². The predicted octanol–water partition coefficient (Wildman–Crippen LogP) is 2.15. The molecule has 0 aliphatic heterocycles. The van der Waals surface area contributed by atoms with Crippen LogP contribution in [-0.2, 0) is 13.0 Å². The molecule has 0 aliphatic carbocycles. The lowest BCUT2D eigenvalue weighted by atomic mass is 10.1. The summed E-state index contributed by atoms with van der Waals surface area (Å²) >= 11 is 1.91. The third kappa shape index (κ3) is 2.82. The van der Waals surface area contributed by atoms with E-state index < -0.39 is 6.43 Å². The van der Waals surface area contributed by atoms with E-state index in [1.165, 1.54) is 6.07 Å². The Morgan fingerprint density at radius 3 is 2.73 bits per heavy atom. The Labute approximate surface area is 99.4 Å². The van der Waals surface area contributed by atoms with Crippen LogP contribution < -0.4 is 5.73 Å². The van der Waals surface area contributed by atoms with Gasteiger partial charge in [-0.2, -0.15) is 5.26 Å². The summed E-state index contributed by atoms with van der Waals surface area (Å²) in [6.07, 6.45) is -2.47. The van der Waals surface area contributed by atoms with Crippen LogP contribution in [0.4, 0.5) is 8.78 Å². The van der Waals surface area contributed by atoms with Crippen molar-refractivity contribution >= 4 is 22.6 Å². The molecular weight excluding hydrogens is 315 g/mol. The normalized spacial score (nSPS) is 10.4. The first kappa shape index (κ1) is 12.3. The molecule has 80 valence electrons. The first-order chi connectivity index (χ1) is 7.10. The minimum absolute atomic E-state index is 0.0631. The van der Waals surface area contributed by atoms with Gasteiger partial charge in [0.05, 0.1) is 18.2 Å². The Morgan fingerprint density at radius 2 is 2.27 bits per heavy atom. The van der Waals surface area contributed by atoms with Gasteiger partial charge in [0.15, 0.2) is 0 Å². The first-order valence-electron chi connectivity index (χ1n) is 4.13. The van der Waals surface area contributed by atoms with E-state index in [1.807, 2.05) is 28.7 Å². The van der Waals surface area contributed by atoms with Crippen molar-refractivity contribution in [3.63, 3.8) is 0 Å². The van der Waals surface area contributed by atoms with Crippen LogP contribution >= 0.6 is 22.6 Å². The van der Waals surface area contributed by atoms with E-state index in [-0.39, 0.29) is 18.7 Å². The van der Waals surface area contributed by atoms with E-state index in [9.17, 15) is 8.78 Å². The molecule has 1 rings (SSSR count). The zero-order valence-electron chi connectivity index (χ0n) is 7.67. The van der Waals surface area contributed by atoms with Crippen LogP contribution in [0.25, 0.3) is 0 Å². The minimum atomic E-state index is -2.61. The van der Waals surface area contributed by atoms with Crippen molar-refractivity contribution in [1.29, 1.82) is 5.26 Å². The van der Waals surface area contributed by atoms with E-state index >= 15 is 0 Å². The van der Waals surface area contributed by atoms with Crippen molar-refractivity contribution in [1.82, 2.24) is 4.98 Å². The second kappa shape index (κ2) is 5.32. The summed E-state index contributed by atoms with van der Waals surface area (Å²) in [5.41, 5.74) is 6.13. The van der Waals surface area contributed by atoms with Crippen molar-refractivity contribution in [2.45, 2.75) is 19.4 Å². The fraction of sp³-hybridized carbons (Fsp3) is 0.333. The van der Waals surface area contributed by atoms with Gasteiger partial charge in [-0.1, -0.05) is 0 Å². The number of nitrogens with zero attached hydrogens (tertiary/aromatic N) is 2. The molecule has 0 atom stereocenters. The van der Waals surface area contributed by atoms with Crippen molar-refractivity contribution in [3.05, 3.63) is 26.6 Å². The number of hydrogen-bond donors (Lipinski definition) is 1. The second-order valence-corrected chi connectivity index (χ2v) is 3.96. The molecule has 2 N–H and O–H groups in total. The lowest BCUT2D eigenvalue weighted by Gasteiger charge is -2.09.